The SMILES string of the molecule is CSC(=O)OCn1c(=O)ccc2ccc(OCCCCN3CCN(c4cccc(Cl)c4Cl)CC3)cc21. The Morgan fingerprint density at radius 2 is 1.81 bits per heavy atom. The van der Waals surface area contributed by atoms with Gasteiger partial charge in [0.1, 0.15) is 5.75 Å². The number of carbonyl (C=O) groups excluding carboxylic acids is 1. The van der Waals surface area contributed by atoms with E-state index in [4.69, 9.17) is 32.7 Å². The second kappa shape index (κ2) is 12.7. The van der Waals surface area contributed by atoms with Crippen LogP contribution >= 0.6 is 35.0 Å². The summed E-state index contributed by atoms with van der Waals surface area (Å²) in [5.41, 5.74) is 1.44. The first kappa shape index (κ1) is 26.7. The number of ether oxygens (including phenoxy) is 2. The summed E-state index contributed by atoms with van der Waals surface area (Å²) < 4.78 is 12.5. The summed E-state index contributed by atoms with van der Waals surface area (Å²) in [6.07, 6.45) is 3.59. The van der Waals surface area contributed by atoms with Crippen molar-refractivity contribution in [1.29, 1.82) is 0 Å². The minimum absolute atomic E-state index is 0.129. The number of rotatable bonds is 9. The zero-order chi connectivity index (χ0) is 25.5. The van der Waals surface area contributed by atoms with Crippen LogP contribution in [0, 0.1) is 0 Å². The zero-order valence-electron chi connectivity index (χ0n) is 20.1. The Hall–Kier alpha value is -2.39. The van der Waals surface area contributed by atoms with Gasteiger partial charge in [-0.2, -0.15) is 0 Å². The van der Waals surface area contributed by atoms with Gasteiger partial charge in [-0.25, -0.2) is 4.79 Å². The van der Waals surface area contributed by atoms with Gasteiger partial charge in [0.25, 0.3) is 5.56 Å². The molecule has 10 heteroatoms. The Morgan fingerprint density at radius 1 is 1.03 bits per heavy atom. The highest BCUT2D eigenvalue weighted by Gasteiger charge is 2.19. The number of thioether (sulfide) groups is 1. The van der Waals surface area contributed by atoms with Gasteiger partial charge < -0.3 is 14.4 Å². The van der Waals surface area contributed by atoms with Crippen LogP contribution in [0.3, 0.4) is 0 Å². The van der Waals surface area contributed by atoms with Crippen molar-refractivity contribution in [2.75, 3.05) is 50.5 Å². The number of piperazine rings is 1. The van der Waals surface area contributed by atoms with Crippen LogP contribution in [0.25, 0.3) is 10.9 Å². The van der Waals surface area contributed by atoms with E-state index in [-0.39, 0.29) is 12.3 Å². The number of anilines is 1. The van der Waals surface area contributed by atoms with Crippen LogP contribution in [0.1, 0.15) is 12.8 Å². The molecule has 4 rings (SSSR count). The topological polar surface area (TPSA) is 64.0 Å². The van der Waals surface area contributed by atoms with E-state index < -0.39 is 5.30 Å². The quantitative estimate of drug-likeness (QED) is 0.249. The number of nitrogens with zero attached hydrogens (tertiary/aromatic N) is 3. The van der Waals surface area contributed by atoms with Crippen LogP contribution in [0.4, 0.5) is 10.5 Å². The van der Waals surface area contributed by atoms with Gasteiger partial charge in [-0.15, -0.1) is 0 Å². The van der Waals surface area contributed by atoms with Gasteiger partial charge in [0.05, 0.1) is 27.9 Å². The normalized spacial score (nSPS) is 14.2. The molecule has 1 aliphatic heterocycles. The average Bonchev–Trinajstić information content (AvgIpc) is 2.89. The molecule has 2 aromatic carbocycles. The fraction of sp³-hybridized carbons (Fsp3) is 0.385. The van der Waals surface area contributed by atoms with E-state index in [2.05, 4.69) is 9.80 Å². The Labute approximate surface area is 224 Å². The van der Waals surface area contributed by atoms with Crippen molar-refractivity contribution >= 4 is 56.9 Å². The molecule has 0 aliphatic carbocycles. The fourth-order valence-electron chi connectivity index (χ4n) is 4.24. The van der Waals surface area contributed by atoms with Gasteiger partial charge in [0.15, 0.2) is 6.73 Å². The molecule has 0 saturated carbocycles. The summed E-state index contributed by atoms with van der Waals surface area (Å²) in [7, 11) is 0. The largest absolute Gasteiger partial charge is 0.494 e. The second-order valence-electron chi connectivity index (χ2n) is 8.50. The van der Waals surface area contributed by atoms with Gasteiger partial charge >= 0.3 is 5.30 Å². The van der Waals surface area contributed by atoms with E-state index in [1.165, 1.54) is 10.6 Å². The summed E-state index contributed by atoms with van der Waals surface area (Å²) in [4.78, 5) is 28.6. The van der Waals surface area contributed by atoms with E-state index in [9.17, 15) is 9.59 Å². The number of pyridine rings is 1. The maximum absolute atomic E-state index is 12.3. The highest BCUT2D eigenvalue weighted by atomic mass is 35.5. The molecule has 7 nitrogen and oxygen atoms in total. The Morgan fingerprint density at radius 3 is 2.58 bits per heavy atom. The predicted molar refractivity (Wildman–Crippen MR) is 148 cm³/mol. The molecule has 0 spiro atoms. The third-order valence-electron chi connectivity index (χ3n) is 6.22. The van der Waals surface area contributed by atoms with Gasteiger partial charge in [0, 0.05) is 38.3 Å². The predicted octanol–water partition coefficient (Wildman–Crippen LogP) is 5.75. The molecule has 36 heavy (non-hydrogen) atoms. The van der Waals surface area contributed by atoms with E-state index in [1.807, 2.05) is 36.4 Å². The molecule has 192 valence electrons. The third-order valence-corrected chi connectivity index (χ3v) is 7.48. The van der Waals surface area contributed by atoms with Gasteiger partial charge in [-0.3, -0.25) is 14.3 Å². The van der Waals surface area contributed by atoms with Crippen LogP contribution in [0.15, 0.2) is 53.3 Å². The lowest BCUT2D eigenvalue weighted by Gasteiger charge is -2.36. The molecule has 3 aromatic rings. The molecule has 0 atom stereocenters. The lowest BCUT2D eigenvalue weighted by atomic mass is 10.2. The van der Waals surface area contributed by atoms with Crippen molar-refractivity contribution < 1.29 is 14.3 Å². The molecule has 0 radical (unpaired) electrons. The van der Waals surface area contributed by atoms with Crippen LogP contribution in [0.5, 0.6) is 5.75 Å². The molecule has 0 bridgehead atoms. The van der Waals surface area contributed by atoms with Crippen molar-refractivity contribution in [3.63, 3.8) is 0 Å². The minimum atomic E-state index is -0.430. The van der Waals surface area contributed by atoms with E-state index in [0.29, 0.717) is 27.9 Å². The maximum atomic E-state index is 12.3. The van der Waals surface area contributed by atoms with Gasteiger partial charge in [-0.05, 0) is 73.1 Å². The molecule has 2 heterocycles. The summed E-state index contributed by atoms with van der Waals surface area (Å²) in [5, 5.41) is 1.66. The molecule has 0 amide bonds. The lowest BCUT2D eigenvalue weighted by Crippen LogP contribution is -2.46. The summed E-state index contributed by atoms with van der Waals surface area (Å²) in [6.45, 7) is 5.26. The van der Waals surface area contributed by atoms with Crippen LogP contribution < -0.4 is 15.2 Å². The fourth-order valence-corrected chi connectivity index (χ4v) is 4.83. The number of hydrogen-bond donors (Lipinski definition) is 0. The highest BCUT2D eigenvalue weighted by molar-refractivity contribution is 8.12. The second-order valence-corrected chi connectivity index (χ2v) is 10.0. The molecular formula is C26H29Cl2N3O4S. The zero-order valence-corrected chi connectivity index (χ0v) is 22.4. The standard InChI is InChI=1S/C26H29Cl2N3O4S/c1-36-26(33)35-18-31-23-17-20(9-7-19(23)8-10-24(31)32)34-16-3-2-11-29-12-14-30(15-13-29)22-6-4-5-21(27)25(22)28/h4-10,17H,2-3,11-16,18H2,1H3. The van der Waals surface area contributed by atoms with Crippen molar-refractivity contribution in [3.05, 3.63) is 68.9 Å². The first-order valence-corrected chi connectivity index (χ1v) is 13.8. The molecule has 1 saturated heterocycles. The van der Waals surface area contributed by atoms with E-state index in [1.54, 1.807) is 12.3 Å². The number of carbonyl (C=O) groups is 1. The Bertz CT molecular complexity index is 1260. The maximum Gasteiger partial charge on any atom is 0.368 e. The van der Waals surface area contributed by atoms with Crippen molar-refractivity contribution in [2.24, 2.45) is 0 Å². The molecule has 0 N–H and O–H groups in total. The van der Waals surface area contributed by atoms with Crippen molar-refractivity contribution in [2.45, 2.75) is 19.6 Å². The molecule has 1 aliphatic rings. The van der Waals surface area contributed by atoms with Crippen LogP contribution in [-0.4, -0.2) is 60.4 Å². The Balaban J connectivity index is 1.23. The lowest BCUT2D eigenvalue weighted by molar-refractivity contribution is 0.141. The number of benzene rings is 2. The van der Waals surface area contributed by atoms with E-state index in [0.717, 1.165) is 68.4 Å². The smallest absolute Gasteiger partial charge is 0.368 e. The van der Waals surface area contributed by atoms with E-state index >= 15 is 0 Å². The average molecular weight is 551 g/mol. The highest BCUT2D eigenvalue weighted by Crippen LogP contribution is 2.32. The van der Waals surface area contributed by atoms with Gasteiger partial charge in [0.2, 0.25) is 0 Å². The number of hydrogen-bond acceptors (Lipinski definition) is 7. The van der Waals surface area contributed by atoms with Gasteiger partial charge in [-0.1, -0.05) is 29.3 Å². The molecular weight excluding hydrogens is 521 g/mol. The number of unbranched alkanes of at least 4 members (excludes halogenated alkanes) is 1. The van der Waals surface area contributed by atoms with Crippen LogP contribution in [0.2, 0.25) is 10.0 Å². The van der Waals surface area contributed by atoms with Crippen molar-refractivity contribution in [3.8, 4) is 5.75 Å². The third kappa shape index (κ3) is 6.68. The molecule has 1 fully saturated rings. The summed E-state index contributed by atoms with van der Waals surface area (Å²) in [6, 6.07) is 14.6. The summed E-state index contributed by atoms with van der Waals surface area (Å²) >= 11 is 13.5. The van der Waals surface area contributed by atoms with Crippen LogP contribution in [-0.2, 0) is 11.5 Å². The number of halogens is 2. The Kier molecular flexibility index (Phi) is 9.42. The molecule has 0 unspecified atom stereocenters. The van der Waals surface area contributed by atoms with Crippen molar-refractivity contribution in [1.82, 2.24) is 9.47 Å². The minimum Gasteiger partial charge on any atom is -0.494 e. The number of fused-ring (bicyclic) bond motifs is 1. The first-order valence-electron chi connectivity index (χ1n) is 11.8. The monoisotopic (exact) mass is 549 g/mol. The summed E-state index contributed by atoms with van der Waals surface area (Å²) in [5.74, 6) is 0.685. The molecule has 1 aromatic heterocycles. The number of aromatic nitrogens is 1. The first-order chi connectivity index (χ1) is 17.5.